The Morgan fingerprint density at radius 3 is 0.409 bits per heavy atom. The van der Waals surface area contributed by atoms with E-state index in [9.17, 15) is 0 Å². The maximum Gasteiger partial charge on any atom is -0.107 e. The topological polar surface area (TPSA) is 0 Å². The first-order valence-corrected chi connectivity index (χ1v) is 17.3. The van der Waals surface area contributed by atoms with E-state index in [1.165, 1.54) is 0 Å². The average Bonchev–Trinajstić information content (AvgIpc) is 2.12. The molecule has 0 spiro atoms. The van der Waals surface area contributed by atoms with Gasteiger partial charge in [-0.3, -0.25) is 0 Å². The van der Waals surface area contributed by atoms with Crippen LogP contribution in [0.3, 0.4) is 0 Å². The van der Waals surface area contributed by atoms with Crippen LogP contribution in [0.15, 0.2) is 0 Å². The van der Waals surface area contributed by atoms with Crippen LogP contribution in [0, 0.1) is 0 Å². The van der Waals surface area contributed by atoms with Crippen molar-refractivity contribution in [2.75, 3.05) is 0 Å². The smallest absolute Gasteiger partial charge is 0.107 e. The molecule has 0 aliphatic rings. The average molecular weight is 758 g/mol. The first-order chi connectivity index (χ1) is 8.93. The molecule has 0 atom stereocenters. The first-order valence-electron chi connectivity index (χ1n) is 8.48. The van der Waals surface area contributed by atoms with Gasteiger partial charge in [0.15, 0.2) is 0 Å². The van der Waals surface area contributed by atoms with E-state index in [2.05, 4.69) is 83.1 Å². The van der Waals surface area contributed by atoms with E-state index in [1.807, 2.05) is 0 Å². The van der Waals surface area contributed by atoms with Crippen LogP contribution < -0.4 is 0 Å². The molecule has 0 N–H and O–H groups in total. The Balaban J connectivity index is -0.000000135. The molecule has 0 unspecified atom stereocenters. The molecule has 0 radical (unpaired) electrons. The summed E-state index contributed by atoms with van der Waals surface area (Å²) in [5.74, 6) is 0. The summed E-state index contributed by atoms with van der Waals surface area (Å²) in [4.78, 5) is 0. The number of hydrogen-bond donors (Lipinski definition) is 0. The molecule has 0 bridgehead atoms. The summed E-state index contributed by atoms with van der Waals surface area (Å²) in [5, 5.41) is 0. The zero-order chi connectivity index (χ0) is 16.6. The normalized spacial score (nSPS) is 11.5. The first kappa shape index (κ1) is 32.7. The molecule has 0 aliphatic carbocycles. The molecule has 0 aromatic rings. The second-order valence-corrected chi connectivity index (χ2v) is 30.2. The van der Waals surface area contributed by atoms with Gasteiger partial charge in [0.25, 0.3) is 0 Å². The summed E-state index contributed by atoms with van der Waals surface area (Å²) < 4.78 is 6.10. The summed E-state index contributed by atoms with van der Waals surface area (Å²) >= 11 is -1.77. The molecule has 0 saturated carbocycles. The molecule has 140 valence electrons. The SMILES string of the molecule is C[CH](C)[Sb]([CH](C)C)[CH](C)C.C[CH](C)[Sb]([CH](C)C)[CH](C)C.I.I. The molecule has 0 fully saturated rings. The van der Waals surface area contributed by atoms with Crippen molar-refractivity contribution in [2.24, 2.45) is 0 Å². The van der Waals surface area contributed by atoms with Crippen molar-refractivity contribution in [1.29, 1.82) is 0 Å². The third kappa shape index (κ3) is 15.4. The third-order valence-corrected chi connectivity index (χ3v) is 24.0. The Morgan fingerprint density at radius 2 is 0.409 bits per heavy atom. The van der Waals surface area contributed by atoms with Crippen LogP contribution in [0.4, 0.5) is 0 Å². The van der Waals surface area contributed by atoms with Gasteiger partial charge in [0.1, 0.15) is 0 Å². The number of rotatable bonds is 6. The van der Waals surface area contributed by atoms with Gasteiger partial charge in [-0.05, 0) is 0 Å². The van der Waals surface area contributed by atoms with Gasteiger partial charge in [-0.2, -0.15) is 0 Å². The molecule has 4 heteroatoms. The van der Waals surface area contributed by atoms with Crippen LogP contribution in [0.2, 0.25) is 23.2 Å². The minimum atomic E-state index is -0.883. The van der Waals surface area contributed by atoms with Crippen molar-refractivity contribution < 1.29 is 0 Å². The van der Waals surface area contributed by atoms with Crippen molar-refractivity contribution in [3.05, 3.63) is 0 Å². The van der Waals surface area contributed by atoms with Crippen molar-refractivity contribution in [3.8, 4) is 0 Å². The second-order valence-electron chi connectivity index (χ2n) is 7.46. The fourth-order valence-electron chi connectivity index (χ4n) is 3.58. The molecule has 0 heterocycles. The Labute approximate surface area is 192 Å². The van der Waals surface area contributed by atoms with Crippen molar-refractivity contribution in [2.45, 2.75) is 106 Å². The maximum absolute atomic E-state index is 2.41. The molecule has 0 aromatic carbocycles. The van der Waals surface area contributed by atoms with Gasteiger partial charge >= 0.3 is 147 Å². The Bertz CT molecular complexity index is 165. The van der Waals surface area contributed by atoms with Gasteiger partial charge in [0.2, 0.25) is 0 Å². The van der Waals surface area contributed by atoms with Crippen LogP contribution in [-0.4, -0.2) is 40.4 Å². The molecule has 0 saturated heterocycles. The van der Waals surface area contributed by atoms with Crippen LogP contribution >= 0.6 is 48.0 Å². The zero-order valence-electron chi connectivity index (χ0n) is 17.2. The molecule has 0 amide bonds. The van der Waals surface area contributed by atoms with Gasteiger partial charge in [-0.1, -0.05) is 0 Å². The number of halogens is 2. The van der Waals surface area contributed by atoms with E-state index in [0.717, 1.165) is 23.2 Å². The van der Waals surface area contributed by atoms with E-state index in [4.69, 9.17) is 0 Å². The molecule has 0 aliphatic heterocycles. The molecular weight excluding hydrogens is 714 g/mol. The third-order valence-electron chi connectivity index (χ3n) is 3.58. The molecule has 0 rings (SSSR count). The fourth-order valence-corrected chi connectivity index (χ4v) is 24.0. The molecule has 22 heavy (non-hydrogen) atoms. The second kappa shape index (κ2) is 17.5. The summed E-state index contributed by atoms with van der Waals surface area (Å²) in [6, 6.07) is 0. The predicted octanol–water partition coefficient (Wildman–Crippen LogP) is 8.66. The van der Waals surface area contributed by atoms with E-state index < -0.39 is 40.4 Å². The van der Waals surface area contributed by atoms with Crippen LogP contribution in [0.25, 0.3) is 0 Å². The van der Waals surface area contributed by atoms with Gasteiger partial charge in [0.05, 0.1) is 0 Å². The quantitative estimate of drug-likeness (QED) is 0.188. The predicted molar refractivity (Wildman–Crippen MR) is 133 cm³/mol. The summed E-state index contributed by atoms with van der Waals surface area (Å²) in [6.45, 7) is 28.9. The Morgan fingerprint density at radius 1 is 0.318 bits per heavy atom. The zero-order valence-corrected chi connectivity index (χ0v) is 26.9. The van der Waals surface area contributed by atoms with Gasteiger partial charge in [0, 0.05) is 0 Å². The van der Waals surface area contributed by atoms with Crippen LogP contribution in [0.5, 0.6) is 0 Å². The van der Waals surface area contributed by atoms with Gasteiger partial charge in [-0.15, -0.1) is 48.0 Å². The minimum absolute atomic E-state index is 0. The maximum atomic E-state index is 2.41. The van der Waals surface area contributed by atoms with Crippen molar-refractivity contribution in [1.82, 2.24) is 0 Å². The summed E-state index contributed by atoms with van der Waals surface area (Å²) in [6.07, 6.45) is 0. The van der Waals surface area contributed by atoms with Crippen LogP contribution in [0.1, 0.15) is 83.1 Å². The summed E-state index contributed by atoms with van der Waals surface area (Å²) in [5.41, 5.74) is 0. The molecular formula is C18H44I2Sb2. The number of hydrogen-bond acceptors (Lipinski definition) is 0. The van der Waals surface area contributed by atoms with E-state index >= 15 is 0 Å². The minimum Gasteiger partial charge on any atom is -0.107 e. The van der Waals surface area contributed by atoms with E-state index in [1.54, 1.807) is 0 Å². The van der Waals surface area contributed by atoms with Gasteiger partial charge in [-0.25, -0.2) is 0 Å². The Kier molecular flexibility index (Phi) is 26.1. The largest absolute Gasteiger partial charge is 0.107 e. The van der Waals surface area contributed by atoms with Crippen molar-refractivity contribution in [3.63, 3.8) is 0 Å². The van der Waals surface area contributed by atoms with Crippen molar-refractivity contribution >= 4 is 88.4 Å². The van der Waals surface area contributed by atoms with Gasteiger partial charge < -0.3 is 0 Å². The van der Waals surface area contributed by atoms with Crippen LogP contribution in [-0.2, 0) is 0 Å². The summed E-state index contributed by atoms with van der Waals surface area (Å²) in [7, 11) is 0. The Hall–Kier alpha value is 3.10. The standard InChI is InChI=1S/6C3H7.2HI.2Sb/c6*1-3-2;;;;/h6*3H,1-2H3;2*1H;;. The molecule has 0 nitrogen and oxygen atoms in total. The monoisotopic (exact) mass is 756 g/mol. The van der Waals surface area contributed by atoms with E-state index in [-0.39, 0.29) is 48.0 Å². The fraction of sp³-hybridized carbons (Fsp3) is 1.00. The van der Waals surface area contributed by atoms with E-state index in [0.29, 0.717) is 0 Å². The molecule has 0 aromatic heterocycles.